The van der Waals surface area contributed by atoms with Crippen molar-refractivity contribution in [3.63, 3.8) is 0 Å². The van der Waals surface area contributed by atoms with Crippen molar-refractivity contribution in [3.05, 3.63) is 40.3 Å². The van der Waals surface area contributed by atoms with Crippen LogP contribution in [-0.2, 0) is 5.41 Å². The standard InChI is InChI=1S/C13H13Cl2N3S/c1-13(2,3)8-4-6-9(7-5-8)19-11-10(14)17-18-12(15)16-11/h4-7H,1-3H3. The van der Waals surface area contributed by atoms with Crippen molar-refractivity contribution < 1.29 is 0 Å². The summed E-state index contributed by atoms with van der Waals surface area (Å²) in [6, 6.07) is 8.29. The summed E-state index contributed by atoms with van der Waals surface area (Å²) in [6.45, 7) is 6.54. The molecule has 0 bridgehead atoms. The molecule has 0 radical (unpaired) electrons. The first-order valence-corrected chi connectivity index (χ1v) is 7.27. The monoisotopic (exact) mass is 313 g/mol. The topological polar surface area (TPSA) is 38.7 Å². The first kappa shape index (κ1) is 14.6. The highest BCUT2D eigenvalue weighted by molar-refractivity contribution is 7.99. The summed E-state index contributed by atoms with van der Waals surface area (Å²) in [5.41, 5.74) is 1.42. The number of hydrogen-bond acceptors (Lipinski definition) is 4. The van der Waals surface area contributed by atoms with Crippen LogP contribution in [-0.4, -0.2) is 15.2 Å². The molecule has 19 heavy (non-hydrogen) atoms. The molecule has 2 rings (SSSR count). The SMILES string of the molecule is CC(C)(C)c1ccc(Sc2nc(Cl)nnc2Cl)cc1. The van der Waals surface area contributed by atoms with Crippen LogP contribution in [0.2, 0.25) is 10.4 Å². The maximum Gasteiger partial charge on any atom is 0.244 e. The lowest BCUT2D eigenvalue weighted by Gasteiger charge is -2.18. The summed E-state index contributed by atoms with van der Waals surface area (Å²) in [5, 5.41) is 8.23. The molecule has 1 aromatic heterocycles. The summed E-state index contributed by atoms with van der Waals surface area (Å²) in [7, 11) is 0. The van der Waals surface area contributed by atoms with Crippen LogP contribution in [0.5, 0.6) is 0 Å². The Morgan fingerprint density at radius 3 is 2.21 bits per heavy atom. The van der Waals surface area contributed by atoms with E-state index in [1.165, 1.54) is 17.3 Å². The second-order valence-corrected chi connectivity index (χ2v) is 6.81. The maximum absolute atomic E-state index is 5.93. The van der Waals surface area contributed by atoms with Gasteiger partial charge in [0.2, 0.25) is 5.28 Å². The van der Waals surface area contributed by atoms with E-state index in [1.807, 2.05) is 12.1 Å². The number of rotatable bonds is 2. The molecule has 2 aromatic rings. The van der Waals surface area contributed by atoms with E-state index in [1.54, 1.807) is 0 Å². The summed E-state index contributed by atoms with van der Waals surface area (Å²) in [6.07, 6.45) is 0. The minimum Gasteiger partial charge on any atom is -0.206 e. The molecule has 0 aliphatic heterocycles. The third-order valence-electron chi connectivity index (χ3n) is 2.53. The second kappa shape index (κ2) is 5.65. The van der Waals surface area contributed by atoms with Gasteiger partial charge in [0, 0.05) is 4.90 Å². The summed E-state index contributed by atoms with van der Waals surface area (Å²) < 4.78 is 0. The van der Waals surface area contributed by atoms with Gasteiger partial charge in [-0.2, -0.15) is 0 Å². The fourth-order valence-electron chi connectivity index (χ4n) is 1.48. The second-order valence-electron chi connectivity index (χ2n) is 5.05. The lowest BCUT2D eigenvalue weighted by atomic mass is 9.87. The molecule has 6 heteroatoms. The molecule has 0 saturated heterocycles. The Hall–Kier alpha value is -0.840. The highest BCUT2D eigenvalue weighted by atomic mass is 35.5. The molecular weight excluding hydrogens is 301 g/mol. The summed E-state index contributed by atoms with van der Waals surface area (Å²) in [5.74, 6) is 0. The average Bonchev–Trinajstić information content (AvgIpc) is 2.33. The number of nitrogens with zero attached hydrogens (tertiary/aromatic N) is 3. The fraction of sp³-hybridized carbons (Fsp3) is 0.308. The zero-order valence-corrected chi connectivity index (χ0v) is 13.1. The van der Waals surface area contributed by atoms with E-state index in [4.69, 9.17) is 23.2 Å². The van der Waals surface area contributed by atoms with E-state index >= 15 is 0 Å². The van der Waals surface area contributed by atoms with Crippen LogP contribution in [0.1, 0.15) is 26.3 Å². The van der Waals surface area contributed by atoms with E-state index in [2.05, 4.69) is 48.1 Å². The smallest absolute Gasteiger partial charge is 0.206 e. The quantitative estimate of drug-likeness (QED) is 0.810. The van der Waals surface area contributed by atoms with Crippen molar-refractivity contribution in [1.82, 2.24) is 15.2 Å². The molecule has 0 spiro atoms. The molecule has 0 fully saturated rings. The van der Waals surface area contributed by atoms with Gasteiger partial charge in [0.05, 0.1) is 0 Å². The van der Waals surface area contributed by atoms with E-state index in [0.29, 0.717) is 5.03 Å². The van der Waals surface area contributed by atoms with E-state index in [9.17, 15) is 0 Å². The maximum atomic E-state index is 5.93. The minimum atomic E-state index is 0.0956. The highest BCUT2D eigenvalue weighted by Gasteiger charge is 2.14. The lowest BCUT2D eigenvalue weighted by Crippen LogP contribution is -2.10. The van der Waals surface area contributed by atoms with Crippen LogP contribution in [0.4, 0.5) is 0 Å². The third-order valence-corrected chi connectivity index (χ3v) is 4.04. The van der Waals surface area contributed by atoms with Gasteiger partial charge >= 0.3 is 0 Å². The van der Waals surface area contributed by atoms with Gasteiger partial charge in [-0.05, 0) is 34.7 Å². The van der Waals surface area contributed by atoms with Crippen molar-refractivity contribution in [2.45, 2.75) is 36.1 Å². The Balaban J connectivity index is 2.22. The molecule has 0 unspecified atom stereocenters. The molecule has 100 valence electrons. The number of hydrogen-bond donors (Lipinski definition) is 0. The zero-order valence-electron chi connectivity index (χ0n) is 10.8. The van der Waals surface area contributed by atoms with Gasteiger partial charge in [-0.3, -0.25) is 0 Å². The number of halogens is 2. The molecule has 1 heterocycles. The third kappa shape index (κ3) is 3.81. The summed E-state index contributed by atoms with van der Waals surface area (Å²) in [4.78, 5) is 5.10. The average molecular weight is 314 g/mol. The predicted molar refractivity (Wildman–Crippen MR) is 79.1 cm³/mol. The molecular formula is C13H13Cl2N3S. The highest BCUT2D eigenvalue weighted by Crippen LogP contribution is 2.32. The van der Waals surface area contributed by atoms with Crippen LogP contribution in [0.25, 0.3) is 0 Å². The Kier molecular flexibility index (Phi) is 4.33. The van der Waals surface area contributed by atoms with E-state index in [-0.39, 0.29) is 15.9 Å². The molecule has 0 aliphatic carbocycles. The van der Waals surface area contributed by atoms with Crippen LogP contribution in [0.3, 0.4) is 0 Å². The lowest BCUT2D eigenvalue weighted by molar-refractivity contribution is 0.590. The largest absolute Gasteiger partial charge is 0.244 e. The molecule has 0 atom stereocenters. The van der Waals surface area contributed by atoms with Crippen molar-refractivity contribution in [3.8, 4) is 0 Å². The van der Waals surface area contributed by atoms with Crippen LogP contribution in [0, 0.1) is 0 Å². The van der Waals surface area contributed by atoms with Gasteiger partial charge < -0.3 is 0 Å². The van der Waals surface area contributed by atoms with Gasteiger partial charge in [-0.25, -0.2) is 4.98 Å². The van der Waals surface area contributed by atoms with Gasteiger partial charge in [0.15, 0.2) is 5.15 Å². The number of aromatic nitrogens is 3. The molecule has 3 nitrogen and oxygen atoms in total. The van der Waals surface area contributed by atoms with E-state index < -0.39 is 0 Å². The first-order valence-electron chi connectivity index (χ1n) is 5.70. The van der Waals surface area contributed by atoms with Crippen molar-refractivity contribution >= 4 is 35.0 Å². The Morgan fingerprint density at radius 2 is 1.63 bits per heavy atom. The summed E-state index contributed by atoms with van der Waals surface area (Å²) >= 11 is 13.1. The molecule has 0 saturated carbocycles. The zero-order chi connectivity index (χ0) is 14.0. The molecule has 0 N–H and O–H groups in total. The molecule has 0 aliphatic rings. The Labute approximate surface area is 126 Å². The van der Waals surface area contributed by atoms with Gasteiger partial charge in [0.25, 0.3) is 0 Å². The normalized spacial score (nSPS) is 11.6. The van der Waals surface area contributed by atoms with E-state index in [0.717, 1.165) is 4.90 Å². The number of benzene rings is 1. The Bertz CT molecular complexity index is 579. The van der Waals surface area contributed by atoms with Crippen molar-refractivity contribution in [1.29, 1.82) is 0 Å². The van der Waals surface area contributed by atoms with Crippen LogP contribution in [0.15, 0.2) is 34.2 Å². The predicted octanol–water partition coefficient (Wildman–Crippen LogP) is 4.63. The van der Waals surface area contributed by atoms with Crippen molar-refractivity contribution in [2.75, 3.05) is 0 Å². The van der Waals surface area contributed by atoms with Crippen LogP contribution < -0.4 is 0 Å². The molecule has 0 amide bonds. The van der Waals surface area contributed by atoms with Crippen molar-refractivity contribution in [2.24, 2.45) is 0 Å². The Morgan fingerprint density at radius 1 is 1.00 bits per heavy atom. The van der Waals surface area contributed by atoms with Gasteiger partial charge in [-0.15, -0.1) is 10.2 Å². The molecule has 1 aromatic carbocycles. The fourth-order valence-corrected chi connectivity index (χ4v) is 2.60. The minimum absolute atomic E-state index is 0.0956. The first-order chi connectivity index (χ1) is 8.86. The van der Waals surface area contributed by atoms with Gasteiger partial charge in [-0.1, -0.05) is 56.3 Å². The van der Waals surface area contributed by atoms with Crippen LogP contribution >= 0.6 is 35.0 Å². The van der Waals surface area contributed by atoms with Gasteiger partial charge in [0.1, 0.15) is 5.03 Å².